The maximum atomic E-state index is 12.6. The van der Waals surface area contributed by atoms with E-state index in [1.54, 1.807) is 11.3 Å². The molecule has 1 saturated heterocycles. The highest BCUT2D eigenvalue weighted by atomic mass is 35.5. The molecule has 1 fully saturated rings. The number of thiophene rings is 1. The summed E-state index contributed by atoms with van der Waals surface area (Å²) in [5.41, 5.74) is 1.40. The molecule has 7 heteroatoms. The first-order valence-electron chi connectivity index (χ1n) is 6.80. The van der Waals surface area contributed by atoms with Gasteiger partial charge in [0.15, 0.2) is 5.69 Å². The summed E-state index contributed by atoms with van der Waals surface area (Å²) in [6.07, 6.45) is 0. The van der Waals surface area contributed by atoms with Crippen LogP contribution in [0.4, 0.5) is 0 Å². The van der Waals surface area contributed by atoms with Crippen molar-refractivity contribution < 1.29 is 4.79 Å². The highest BCUT2D eigenvalue weighted by molar-refractivity contribution is 7.13. The average molecular weight is 327 g/mol. The van der Waals surface area contributed by atoms with Gasteiger partial charge >= 0.3 is 0 Å². The minimum Gasteiger partial charge on any atom is -0.332 e. The third kappa shape index (κ3) is 3.12. The molecule has 0 spiro atoms. The van der Waals surface area contributed by atoms with E-state index in [0.29, 0.717) is 11.7 Å². The lowest BCUT2D eigenvalue weighted by atomic mass is 10.1. The van der Waals surface area contributed by atoms with Crippen LogP contribution in [0.25, 0.3) is 10.6 Å². The Bertz CT molecular complexity index is 598. The maximum Gasteiger partial charge on any atom is 0.274 e. The Morgan fingerprint density at radius 2 is 2.29 bits per heavy atom. The number of carbonyl (C=O) groups is 1. The Kier molecular flexibility index (Phi) is 5.03. The number of nitrogens with one attached hydrogen (secondary N) is 2. The molecular weight excluding hydrogens is 308 g/mol. The molecule has 114 valence electrons. The second-order valence-electron chi connectivity index (χ2n) is 5.13. The normalized spacial score (nSPS) is 21.9. The lowest BCUT2D eigenvalue weighted by Gasteiger charge is -2.38. The first kappa shape index (κ1) is 16.0. The molecule has 5 nitrogen and oxygen atoms in total. The van der Waals surface area contributed by atoms with Gasteiger partial charge in [0.1, 0.15) is 0 Å². The van der Waals surface area contributed by atoms with Crippen molar-refractivity contribution in [1.82, 2.24) is 20.4 Å². The molecule has 2 unspecified atom stereocenters. The van der Waals surface area contributed by atoms with Gasteiger partial charge in [0, 0.05) is 25.2 Å². The van der Waals surface area contributed by atoms with Crippen molar-refractivity contribution in [2.24, 2.45) is 0 Å². The van der Waals surface area contributed by atoms with Gasteiger partial charge in [-0.25, -0.2) is 0 Å². The van der Waals surface area contributed by atoms with E-state index in [1.807, 2.05) is 28.5 Å². The number of carbonyl (C=O) groups excluding carboxylic acids is 1. The van der Waals surface area contributed by atoms with E-state index in [2.05, 4.69) is 29.4 Å². The van der Waals surface area contributed by atoms with Crippen LogP contribution in [0.1, 0.15) is 24.3 Å². The van der Waals surface area contributed by atoms with Crippen LogP contribution in [0.15, 0.2) is 23.6 Å². The summed E-state index contributed by atoms with van der Waals surface area (Å²) < 4.78 is 0. The zero-order valence-electron chi connectivity index (χ0n) is 12.0. The summed E-state index contributed by atoms with van der Waals surface area (Å²) in [6.45, 7) is 5.73. The highest BCUT2D eigenvalue weighted by Crippen LogP contribution is 2.23. The summed E-state index contributed by atoms with van der Waals surface area (Å²) in [5, 5.41) is 12.5. The average Bonchev–Trinajstić information content (AvgIpc) is 3.11. The van der Waals surface area contributed by atoms with Crippen molar-refractivity contribution in [3.8, 4) is 10.6 Å². The van der Waals surface area contributed by atoms with Crippen molar-refractivity contribution in [1.29, 1.82) is 0 Å². The van der Waals surface area contributed by atoms with E-state index in [-0.39, 0.29) is 24.4 Å². The lowest BCUT2D eigenvalue weighted by Crippen LogP contribution is -2.57. The molecule has 0 bridgehead atoms. The molecule has 2 aromatic heterocycles. The fourth-order valence-electron chi connectivity index (χ4n) is 2.48. The second kappa shape index (κ2) is 6.60. The van der Waals surface area contributed by atoms with E-state index < -0.39 is 0 Å². The van der Waals surface area contributed by atoms with Crippen LogP contribution in [-0.4, -0.2) is 46.2 Å². The van der Waals surface area contributed by atoms with Gasteiger partial charge < -0.3 is 10.2 Å². The van der Waals surface area contributed by atoms with Crippen LogP contribution in [0.2, 0.25) is 0 Å². The predicted octanol–water partition coefficient (Wildman–Crippen LogP) is 2.38. The van der Waals surface area contributed by atoms with Crippen LogP contribution < -0.4 is 5.32 Å². The number of amides is 1. The second-order valence-corrected chi connectivity index (χ2v) is 6.07. The zero-order chi connectivity index (χ0) is 14.1. The number of aromatic nitrogens is 2. The molecule has 1 aliphatic heterocycles. The number of piperazine rings is 1. The van der Waals surface area contributed by atoms with Crippen molar-refractivity contribution in [3.63, 3.8) is 0 Å². The van der Waals surface area contributed by atoms with Crippen molar-refractivity contribution in [2.75, 3.05) is 13.1 Å². The Morgan fingerprint density at radius 1 is 1.48 bits per heavy atom. The zero-order valence-corrected chi connectivity index (χ0v) is 13.6. The molecular formula is C14H19ClN4OS. The number of rotatable bonds is 2. The highest BCUT2D eigenvalue weighted by Gasteiger charge is 2.29. The molecule has 2 aromatic rings. The minimum absolute atomic E-state index is 0. The Labute approximate surface area is 134 Å². The maximum absolute atomic E-state index is 12.6. The topological polar surface area (TPSA) is 61.0 Å². The Hall–Kier alpha value is -1.37. The number of nitrogens with zero attached hydrogens (tertiary/aromatic N) is 2. The van der Waals surface area contributed by atoms with Gasteiger partial charge in [0.05, 0.1) is 10.6 Å². The van der Waals surface area contributed by atoms with Gasteiger partial charge in [-0.05, 0) is 31.4 Å². The summed E-state index contributed by atoms with van der Waals surface area (Å²) in [7, 11) is 0. The van der Waals surface area contributed by atoms with E-state index in [0.717, 1.165) is 23.7 Å². The predicted molar refractivity (Wildman–Crippen MR) is 87.1 cm³/mol. The van der Waals surface area contributed by atoms with Crippen molar-refractivity contribution in [3.05, 3.63) is 29.3 Å². The third-order valence-corrected chi connectivity index (χ3v) is 4.78. The largest absolute Gasteiger partial charge is 0.332 e. The molecule has 2 N–H and O–H groups in total. The lowest BCUT2D eigenvalue weighted by molar-refractivity contribution is 0.0597. The Balaban J connectivity index is 0.00000161. The first-order valence-corrected chi connectivity index (χ1v) is 7.68. The number of halogens is 1. The van der Waals surface area contributed by atoms with E-state index >= 15 is 0 Å². The molecule has 3 heterocycles. The van der Waals surface area contributed by atoms with Crippen LogP contribution in [0.3, 0.4) is 0 Å². The minimum atomic E-state index is 0. The summed E-state index contributed by atoms with van der Waals surface area (Å²) >= 11 is 1.63. The summed E-state index contributed by atoms with van der Waals surface area (Å²) in [6, 6.07) is 6.33. The SMILES string of the molecule is CC1NCCN(C(=O)c2cc(-c3cccs3)[nH]n2)C1C.Cl. The van der Waals surface area contributed by atoms with Crippen LogP contribution in [-0.2, 0) is 0 Å². The van der Waals surface area contributed by atoms with E-state index in [9.17, 15) is 4.79 Å². The number of hydrogen-bond donors (Lipinski definition) is 2. The molecule has 2 atom stereocenters. The van der Waals surface area contributed by atoms with Crippen LogP contribution in [0, 0.1) is 0 Å². The third-order valence-electron chi connectivity index (χ3n) is 3.88. The number of H-pyrrole nitrogens is 1. The van der Waals surface area contributed by atoms with Crippen LogP contribution in [0.5, 0.6) is 0 Å². The fraction of sp³-hybridized carbons (Fsp3) is 0.429. The monoisotopic (exact) mass is 326 g/mol. The Morgan fingerprint density at radius 3 is 3.00 bits per heavy atom. The summed E-state index contributed by atoms with van der Waals surface area (Å²) in [4.78, 5) is 15.6. The molecule has 0 radical (unpaired) electrons. The quantitative estimate of drug-likeness (QED) is 0.890. The molecule has 1 amide bonds. The van der Waals surface area contributed by atoms with E-state index in [1.165, 1.54) is 0 Å². The van der Waals surface area contributed by atoms with E-state index in [4.69, 9.17) is 0 Å². The fourth-order valence-corrected chi connectivity index (χ4v) is 3.17. The molecule has 0 aromatic carbocycles. The van der Waals surface area contributed by atoms with Gasteiger partial charge in [-0.1, -0.05) is 6.07 Å². The van der Waals surface area contributed by atoms with Gasteiger partial charge in [-0.15, -0.1) is 23.7 Å². The smallest absolute Gasteiger partial charge is 0.274 e. The number of aromatic amines is 1. The first-order chi connectivity index (χ1) is 9.66. The molecule has 3 rings (SSSR count). The van der Waals surface area contributed by atoms with Gasteiger partial charge in [-0.2, -0.15) is 5.10 Å². The van der Waals surface area contributed by atoms with Gasteiger partial charge in [0.2, 0.25) is 0 Å². The standard InChI is InChI=1S/C14H18N4OS.ClH/c1-9-10(2)18(6-5-15-9)14(19)12-8-11(16-17-12)13-4-3-7-20-13;/h3-4,7-10,15H,5-6H2,1-2H3,(H,16,17);1H. The molecule has 21 heavy (non-hydrogen) atoms. The number of hydrogen-bond acceptors (Lipinski definition) is 4. The molecule has 0 aliphatic carbocycles. The van der Waals surface area contributed by atoms with Crippen LogP contribution >= 0.6 is 23.7 Å². The molecule has 0 saturated carbocycles. The van der Waals surface area contributed by atoms with Gasteiger partial charge in [0.25, 0.3) is 5.91 Å². The molecule has 1 aliphatic rings. The van der Waals surface area contributed by atoms with Crippen molar-refractivity contribution in [2.45, 2.75) is 25.9 Å². The van der Waals surface area contributed by atoms with Gasteiger partial charge in [-0.3, -0.25) is 9.89 Å². The summed E-state index contributed by atoms with van der Waals surface area (Å²) in [5.74, 6) is 0.00454. The van der Waals surface area contributed by atoms with Crippen molar-refractivity contribution >= 4 is 29.7 Å².